The molecule has 0 aliphatic rings. The molecule has 19 heavy (non-hydrogen) atoms. The van der Waals surface area contributed by atoms with Crippen LogP contribution >= 0.6 is 11.6 Å². The van der Waals surface area contributed by atoms with Crippen LogP contribution in [0.15, 0.2) is 12.1 Å². The molecule has 0 radical (unpaired) electrons. The molecule has 0 aliphatic carbocycles. The highest BCUT2D eigenvalue weighted by Crippen LogP contribution is 2.36. The molecule has 0 saturated carbocycles. The molecule has 1 aromatic carbocycles. The summed E-state index contributed by atoms with van der Waals surface area (Å²) in [7, 11) is -0.774. The first-order chi connectivity index (χ1) is 8.93. The van der Waals surface area contributed by atoms with Crippen molar-refractivity contribution in [2.75, 3.05) is 25.5 Å². The molecule has 0 unspecified atom stereocenters. The molecule has 0 saturated heterocycles. The van der Waals surface area contributed by atoms with E-state index in [1.54, 1.807) is 0 Å². The number of hydrogen-bond acceptors (Lipinski definition) is 4. The van der Waals surface area contributed by atoms with Crippen LogP contribution in [0.1, 0.15) is 13.3 Å². The number of hydrogen-bond donors (Lipinski definition) is 2. The highest BCUT2D eigenvalue weighted by molar-refractivity contribution is 7.90. The number of anilines is 1. The molecule has 6 nitrogen and oxygen atoms in total. The number of benzene rings is 1. The lowest BCUT2D eigenvalue weighted by Gasteiger charge is -2.14. The number of halogens is 1. The first kappa shape index (κ1) is 15.9. The molecule has 0 aliphatic heterocycles. The van der Waals surface area contributed by atoms with E-state index in [0.29, 0.717) is 29.5 Å². The molecule has 0 fully saturated rings. The first-order valence-electron chi connectivity index (χ1n) is 5.62. The maximum Gasteiger partial charge on any atom is 0.299 e. The van der Waals surface area contributed by atoms with E-state index in [9.17, 15) is 8.42 Å². The van der Waals surface area contributed by atoms with Gasteiger partial charge in [-0.05, 0) is 6.42 Å². The number of rotatable bonds is 7. The normalized spacial score (nSPS) is 11.2. The molecule has 0 amide bonds. The first-order valence-corrected chi connectivity index (χ1v) is 7.48. The van der Waals surface area contributed by atoms with Crippen molar-refractivity contribution in [3.63, 3.8) is 0 Å². The predicted molar refractivity (Wildman–Crippen MR) is 75.4 cm³/mol. The topological polar surface area (TPSA) is 76.7 Å². The lowest BCUT2D eigenvalue weighted by Crippen LogP contribution is -2.30. The third-order valence-electron chi connectivity index (χ3n) is 2.26. The van der Waals surface area contributed by atoms with Gasteiger partial charge in [-0.25, -0.2) is 0 Å². The van der Waals surface area contributed by atoms with Crippen molar-refractivity contribution in [1.82, 2.24) is 4.72 Å². The highest BCUT2D eigenvalue weighted by atomic mass is 35.5. The van der Waals surface area contributed by atoms with Gasteiger partial charge in [0.05, 0.1) is 24.9 Å². The summed E-state index contributed by atoms with van der Waals surface area (Å²) in [6, 6.07) is 2.95. The van der Waals surface area contributed by atoms with Crippen molar-refractivity contribution in [2.24, 2.45) is 0 Å². The molecular formula is C11H17ClN2O4S. The second kappa shape index (κ2) is 6.83. The fourth-order valence-electron chi connectivity index (χ4n) is 1.36. The Kier molecular flexibility index (Phi) is 5.71. The van der Waals surface area contributed by atoms with Crippen LogP contribution in [0.4, 0.5) is 5.69 Å². The van der Waals surface area contributed by atoms with E-state index in [1.165, 1.54) is 26.4 Å². The minimum absolute atomic E-state index is 0.257. The number of nitrogens with one attached hydrogen (secondary N) is 2. The third kappa shape index (κ3) is 4.45. The van der Waals surface area contributed by atoms with Gasteiger partial charge >= 0.3 is 0 Å². The van der Waals surface area contributed by atoms with Crippen LogP contribution in [0.5, 0.6) is 11.5 Å². The maximum absolute atomic E-state index is 11.8. The second-order valence-electron chi connectivity index (χ2n) is 3.69. The van der Waals surface area contributed by atoms with Gasteiger partial charge < -0.3 is 9.47 Å². The summed E-state index contributed by atoms with van der Waals surface area (Å²) in [4.78, 5) is 0. The number of methoxy groups -OCH3 is 2. The largest absolute Gasteiger partial charge is 0.495 e. The molecule has 0 heterocycles. The van der Waals surface area contributed by atoms with Gasteiger partial charge in [-0.15, -0.1) is 0 Å². The van der Waals surface area contributed by atoms with Crippen molar-refractivity contribution in [2.45, 2.75) is 13.3 Å². The van der Waals surface area contributed by atoms with Crippen molar-refractivity contribution in [1.29, 1.82) is 0 Å². The van der Waals surface area contributed by atoms with E-state index in [4.69, 9.17) is 21.1 Å². The highest BCUT2D eigenvalue weighted by Gasteiger charge is 2.15. The minimum Gasteiger partial charge on any atom is -0.495 e. The Morgan fingerprint density at radius 1 is 1.21 bits per heavy atom. The summed E-state index contributed by atoms with van der Waals surface area (Å²) in [6.45, 7) is 2.22. The van der Waals surface area contributed by atoms with Gasteiger partial charge in [0, 0.05) is 18.7 Å². The van der Waals surface area contributed by atoms with E-state index in [-0.39, 0.29) is 5.69 Å². The summed E-state index contributed by atoms with van der Waals surface area (Å²) in [5, 5.41) is 0.337. The zero-order valence-electron chi connectivity index (χ0n) is 11.0. The smallest absolute Gasteiger partial charge is 0.299 e. The molecule has 8 heteroatoms. The van der Waals surface area contributed by atoms with E-state index < -0.39 is 10.2 Å². The van der Waals surface area contributed by atoms with Crippen molar-refractivity contribution >= 4 is 27.5 Å². The summed E-state index contributed by atoms with van der Waals surface area (Å²) in [5.41, 5.74) is 0.257. The quantitative estimate of drug-likeness (QED) is 0.808. The van der Waals surface area contributed by atoms with Crippen LogP contribution in [-0.4, -0.2) is 29.2 Å². The third-order valence-corrected chi connectivity index (χ3v) is 3.63. The maximum atomic E-state index is 11.8. The lowest BCUT2D eigenvalue weighted by atomic mass is 10.3. The molecule has 0 bridgehead atoms. The Bertz CT molecular complexity index is 534. The Balaban J connectivity index is 3.05. The van der Waals surface area contributed by atoms with Crippen LogP contribution in [-0.2, 0) is 10.2 Å². The van der Waals surface area contributed by atoms with E-state index in [1.807, 2.05) is 6.92 Å². The molecule has 2 N–H and O–H groups in total. The molecule has 0 atom stereocenters. The summed E-state index contributed by atoms with van der Waals surface area (Å²) in [5.74, 6) is 0.670. The molecule has 0 spiro atoms. The lowest BCUT2D eigenvalue weighted by molar-refractivity contribution is 0.405. The van der Waals surface area contributed by atoms with Gasteiger partial charge in [0.15, 0.2) is 0 Å². The fourth-order valence-corrected chi connectivity index (χ4v) is 2.58. The predicted octanol–water partition coefficient (Wildman–Crippen LogP) is 2.01. The molecular weight excluding hydrogens is 292 g/mol. The SMILES string of the molecule is CCCNS(=O)(=O)Nc1cc(OC)c(Cl)cc1OC. The second-order valence-corrected chi connectivity index (χ2v) is 5.59. The summed E-state index contributed by atoms with van der Waals surface area (Å²) >= 11 is 5.94. The van der Waals surface area contributed by atoms with Crippen LogP contribution in [0, 0.1) is 0 Å². The molecule has 108 valence electrons. The van der Waals surface area contributed by atoms with Crippen molar-refractivity contribution in [3.8, 4) is 11.5 Å². The van der Waals surface area contributed by atoms with Gasteiger partial charge in [-0.1, -0.05) is 18.5 Å². The van der Waals surface area contributed by atoms with Gasteiger partial charge in [-0.3, -0.25) is 4.72 Å². The van der Waals surface area contributed by atoms with Crippen LogP contribution in [0.3, 0.4) is 0 Å². The van der Waals surface area contributed by atoms with E-state index in [0.717, 1.165) is 0 Å². The summed E-state index contributed by atoms with van der Waals surface area (Å²) < 4.78 is 38.4. The van der Waals surface area contributed by atoms with Gasteiger partial charge in [0.2, 0.25) is 0 Å². The molecule has 1 rings (SSSR count). The Morgan fingerprint density at radius 2 is 1.84 bits per heavy atom. The van der Waals surface area contributed by atoms with Crippen molar-refractivity contribution < 1.29 is 17.9 Å². The van der Waals surface area contributed by atoms with Gasteiger partial charge in [0.1, 0.15) is 11.5 Å². The average Bonchev–Trinajstić information content (AvgIpc) is 2.37. The standard InChI is InChI=1S/C11H17ClN2O4S/c1-4-5-13-19(15,16)14-9-7-10(17-2)8(12)6-11(9)18-3/h6-7,13-14H,4-5H2,1-3H3. The zero-order chi connectivity index (χ0) is 14.5. The Morgan fingerprint density at radius 3 is 2.37 bits per heavy atom. The monoisotopic (exact) mass is 308 g/mol. The van der Waals surface area contributed by atoms with Crippen molar-refractivity contribution in [3.05, 3.63) is 17.2 Å². The van der Waals surface area contributed by atoms with E-state index >= 15 is 0 Å². The fraction of sp³-hybridized carbons (Fsp3) is 0.455. The Labute approximate surface area is 118 Å². The minimum atomic E-state index is -3.65. The zero-order valence-corrected chi connectivity index (χ0v) is 12.6. The molecule has 0 aromatic heterocycles. The van der Waals surface area contributed by atoms with Crippen LogP contribution in [0.25, 0.3) is 0 Å². The van der Waals surface area contributed by atoms with Crippen LogP contribution in [0.2, 0.25) is 5.02 Å². The number of ether oxygens (including phenoxy) is 2. The Hall–Kier alpha value is -1.18. The molecule has 1 aromatic rings. The van der Waals surface area contributed by atoms with E-state index in [2.05, 4.69) is 9.44 Å². The van der Waals surface area contributed by atoms with Crippen LogP contribution < -0.4 is 18.9 Å². The average molecular weight is 309 g/mol. The van der Waals surface area contributed by atoms with Gasteiger partial charge in [0.25, 0.3) is 10.2 Å². The van der Waals surface area contributed by atoms with Gasteiger partial charge in [-0.2, -0.15) is 13.1 Å². The summed E-state index contributed by atoms with van der Waals surface area (Å²) in [6.07, 6.45) is 0.696.